The van der Waals surface area contributed by atoms with Gasteiger partial charge in [0.25, 0.3) is 5.91 Å². The summed E-state index contributed by atoms with van der Waals surface area (Å²) in [6.45, 7) is 4.50. The lowest BCUT2D eigenvalue weighted by Crippen LogP contribution is -2.46. The number of amides is 1. The quantitative estimate of drug-likeness (QED) is 0.840. The van der Waals surface area contributed by atoms with Crippen molar-refractivity contribution in [2.45, 2.75) is 25.8 Å². The molecular formula is C15H23ClN2O3. The molecule has 1 unspecified atom stereocenters. The predicted octanol–water partition coefficient (Wildman–Crippen LogP) is 1.75. The molecule has 1 fully saturated rings. The van der Waals surface area contributed by atoms with Gasteiger partial charge in [0, 0.05) is 12.6 Å². The molecule has 1 aromatic carbocycles. The average molecular weight is 315 g/mol. The van der Waals surface area contributed by atoms with Gasteiger partial charge in [-0.25, -0.2) is 0 Å². The van der Waals surface area contributed by atoms with E-state index in [1.54, 1.807) is 12.1 Å². The van der Waals surface area contributed by atoms with E-state index < -0.39 is 0 Å². The molecule has 0 aromatic heterocycles. The Balaban J connectivity index is 0.00000220. The molecule has 1 aliphatic rings. The van der Waals surface area contributed by atoms with Crippen LogP contribution in [0.1, 0.15) is 19.8 Å². The van der Waals surface area contributed by atoms with E-state index in [1.807, 2.05) is 19.1 Å². The highest BCUT2D eigenvalue weighted by Gasteiger charge is 2.15. The fourth-order valence-corrected chi connectivity index (χ4v) is 2.19. The molecule has 5 nitrogen and oxygen atoms in total. The first kappa shape index (κ1) is 17.6. The van der Waals surface area contributed by atoms with E-state index in [2.05, 4.69) is 10.6 Å². The molecule has 0 radical (unpaired) electrons. The Morgan fingerprint density at radius 2 is 1.95 bits per heavy atom. The molecular weight excluding hydrogens is 292 g/mol. The molecule has 1 heterocycles. The van der Waals surface area contributed by atoms with Gasteiger partial charge in [-0.3, -0.25) is 4.79 Å². The van der Waals surface area contributed by atoms with Crippen LogP contribution in [0.15, 0.2) is 24.3 Å². The number of piperidine rings is 1. The highest BCUT2D eigenvalue weighted by Crippen LogP contribution is 2.17. The first-order valence-corrected chi connectivity index (χ1v) is 7.13. The van der Waals surface area contributed by atoms with Gasteiger partial charge in [-0.15, -0.1) is 12.4 Å². The monoisotopic (exact) mass is 314 g/mol. The Bertz CT molecular complexity index is 419. The van der Waals surface area contributed by atoms with Crippen LogP contribution < -0.4 is 20.1 Å². The molecule has 1 saturated heterocycles. The van der Waals surface area contributed by atoms with E-state index in [9.17, 15) is 4.79 Å². The Morgan fingerprint density at radius 3 is 2.52 bits per heavy atom. The van der Waals surface area contributed by atoms with Crippen LogP contribution in [-0.2, 0) is 4.79 Å². The summed E-state index contributed by atoms with van der Waals surface area (Å²) in [6.07, 6.45) is 2.13. The maximum atomic E-state index is 11.8. The minimum absolute atomic E-state index is 0. The topological polar surface area (TPSA) is 59.6 Å². The zero-order chi connectivity index (χ0) is 14.2. The number of carbonyl (C=O) groups excluding carboxylic acids is 1. The number of ether oxygens (including phenoxy) is 2. The van der Waals surface area contributed by atoms with Crippen molar-refractivity contribution in [2.24, 2.45) is 0 Å². The molecule has 0 aliphatic carbocycles. The van der Waals surface area contributed by atoms with Crippen molar-refractivity contribution in [3.05, 3.63) is 24.3 Å². The third-order valence-electron chi connectivity index (χ3n) is 3.17. The average Bonchev–Trinajstić information content (AvgIpc) is 2.48. The summed E-state index contributed by atoms with van der Waals surface area (Å²) >= 11 is 0. The van der Waals surface area contributed by atoms with E-state index >= 15 is 0 Å². The number of halogens is 1. The summed E-state index contributed by atoms with van der Waals surface area (Å²) in [7, 11) is 0. The van der Waals surface area contributed by atoms with Crippen molar-refractivity contribution in [1.29, 1.82) is 0 Å². The van der Waals surface area contributed by atoms with Crippen molar-refractivity contribution in [3.63, 3.8) is 0 Å². The lowest BCUT2D eigenvalue weighted by atomic mass is 10.1. The van der Waals surface area contributed by atoms with Crippen molar-refractivity contribution >= 4 is 18.3 Å². The van der Waals surface area contributed by atoms with Crippen LogP contribution in [0, 0.1) is 0 Å². The van der Waals surface area contributed by atoms with E-state index in [-0.39, 0.29) is 31.0 Å². The normalized spacial score (nSPS) is 17.5. The second-order valence-electron chi connectivity index (χ2n) is 4.80. The largest absolute Gasteiger partial charge is 0.494 e. The summed E-state index contributed by atoms with van der Waals surface area (Å²) in [5.74, 6) is 1.40. The number of nitrogens with one attached hydrogen (secondary N) is 2. The van der Waals surface area contributed by atoms with E-state index in [1.165, 1.54) is 0 Å². The molecule has 6 heteroatoms. The van der Waals surface area contributed by atoms with Gasteiger partial charge in [-0.2, -0.15) is 0 Å². The highest BCUT2D eigenvalue weighted by molar-refractivity contribution is 5.85. The third-order valence-corrected chi connectivity index (χ3v) is 3.17. The minimum Gasteiger partial charge on any atom is -0.494 e. The molecule has 2 N–H and O–H groups in total. The fourth-order valence-electron chi connectivity index (χ4n) is 2.19. The zero-order valence-corrected chi connectivity index (χ0v) is 13.1. The fraction of sp³-hybridized carbons (Fsp3) is 0.533. The number of carbonyl (C=O) groups is 1. The Morgan fingerprint density at radius 1 is 1.29 bits per heavy atom. The van der Waals surface area contributed by atoms with Crippen molar-refractivity contribution in [2.75, 3.05) is 26.3 Å². The maximum Gasteiger partial charge on any atom is 0.258 e. The summed E-state index contributed by atoms with van der Waals surface area (Å²) in [6, 6.07) is 7.50. The predicted molar refractivity (Wildman–Crippen MR) is 84.4 cm³/mol. The Hall–Kier alpha value is -1.46. The van der Waals surface area contributed by atoms with Crippen LogP contribution in [0.3, 0.4) is 0 Å². The van der Waals surface area contributed by atoms with Gasteiger partial charge in [0.15, 0.2) is 6.61 Å². The molecule has 1 atom stereocenters. The lowest BCUT2D eigenvalue weighted by molar-refractivity contribution is -0.123. The van der Waals surface area contributed by atoms with Crippen LogP contribution in [0.4, 0.5) is 0 Å². The number of rotatable bonds is 6. The third kappa shape index (κ3) is 6.23. The SMILES string of the molecule is CCOc1ccc(OCC(=O)NC2CCCNC2)cc1.Cl. The Kier molecular flexibility index (Phi) is 7.93. The standard InChI is InChI=1S/C15H22N2O3.ClH/c1-2-19-13-5-7-14(8-6-13)20-11-15(18)17-12-4-3-9-16-10-12;/h5-8,12,16H,2-4,9-11H2,1H3,(H,17,18);1H. The van der Waals surface area contributed by atoms with Gasteiger partial charge in [0.05, 0.1) is 6.61 Å². The molecule has 1 aromatic rings. The van der Waals surface area contributed by atoms with Crippen molar-refractivity contribution in [3.8, 4) is 11.5 Å². The number of hydrogen-bond donors (Lipinski definition) is 2. The summed E-state index contributed by atoms with van der Waals surface area (Å²) in [5, 5.41) is 6.23. The molecule has 21 heavy (non-hydrogen) atoms. The first-order valence-electron chi connectivity index (χ1n) is 7.13. The van der Waals surface area contributed by atoms with E-state index in [0.29, 0.717) is 12.4 Å². The molecule has 1 aliphatic heterocycles. The second kappa shape index (κ2) is 9.47. The smallest absolute Gasteiger partial charge is 0.258 e. The zero-order valence-electron chi connectivity index (χ0n) is 12.3. The minimum atomic E-state index is -0.0763. The van der Waals surface area contributed by atoms with Crippen molar-refractivity contribution in [1.82, 2.24) is 10.6 Å². The maximum absolute atomic E-state index is 11.8. The van der Waals surface area contributed by atoms with Gasteiger partial charge < -0.3 is 20.1 Å². The van der Waals surface area contributed by atoms with E-state index in [0.717, 1.165) is 31.7 Å². The van der Waals surface area contributed by atoms with Crippen LogP contribution in [0.25, 0.3) is 0 Å². The Labute approximate surface area is 131 Å². The second-order valence-corrected chi connectivity index (χ2v) is 4.80. The molecule has 1 amide bonds. The van der Waals surface area contributed by atoms with Gasteiger partial charge in [-0.05, 0) is 50.6 Å². The summed E-state index contributed by atoms with van der Waals surface area (Å²) in [5.41, 5.74) is 0. The van der Waals surface area contributed by atoms with Gasteiger partial charge >= 0.3 is 0 Å². The molecule has 2 rings (SSSR count). The lowest BCUT2D eigenvalue weighted by Gasteiger charge is -2.23. The number of hydrogen-bond acceptors (Lipinski definition) is 4. The van der Waals surface area contributed by atoms with Gasteiger partial charge in [-0.1, -0.05) is 0 Å². The van der Waals surface area contributed by atoms with Crippen LogP contribution in [0.5, 0.6) is 11.5 Å². The van der Waals surface area contributed by atoms with Crippen LogP contribution in [-0.4, -0.2) is 38.3 Å². The first-order chi connectivity index (χ1) is 9.78. The molecule has 0 bridgehead atoms. The van der Waals surface area contributed by atoms with Crippen LogP contribution in [0.2, 0.25) is 0 Å². The van der Waals surface area contributed by atoms with Crippen molar-refractivity contribution < 1.29 is 14.3 Å². The van der Waals surface area contributed by atoms with E-state index in [4.69, 9.17) is 9.47 Å². The van der Waals surface area contributed by atoms with Gasteiger partial charge in [0.2, 0.25) is 0 Å². The van der Waals surface area contributed by atoms with Gasteiger partial charge in [0.1, 0.15) is 11.5 Å². The molecule has 118 valence electrons. The molecule has 0 spiro atoms. The number of benzene rings is 1. The summed E-state index contributed by atoms with van der Waals surface area (Å²) < 4.78 is 10.8. The molecule has 0 saturated carbocycles. The highest BCUT2D eigenvalue weighted by atomic mass is 35.5. The van der Waals surface area contributed by atoms with Crippen LogP contribution >= 0.6 is 12.4 Å². The summed E-state index contributed by atoms with van der Waals surface area (Å²) in [4.78, 5) is 11.8.